The number of nitrogens with zero attached hydrogens (tertiary/aromatic N) is 1. The summed E-state index contributed by atoms with van der Waals surface area (Å²) in [6.07, 6.45) is 0. The predicted octanol–water partition coefficient (Wildman–Crippen LogP) is 5.34. The third-order valence-electron chi connectivity index (χ3n) is 6.53. The summed E-state index contributed by atoms with van der Waals surface area (Å²) in [5.41, 5.74) is 4.02. The van der Waals surface area contributed by atoms with E-state index in [1.807, 2.05) is 0 Å². The highest BCUT2D eigenvalue weighted by Crippen LogP contribution is 2.12. The van der Waals surface area contributed by atoms with Crippen LogP contribution in [0.1, 0.15) is 55.6 Å². The topological polar surface area (TPSA) is 39.3 Å². The molecule has 0 aliphatic carbocycles. The average Bonchev–Trinajstić information content (AvgIpc) is 2.89. The van der Waals surface area contributed by atoms with E-state index in [1.54, 1.807) is 0 Å². The van der Waals surface area contributed by atoms with E-state index in [1.165, 1.54) is 16.7 Å². The van der Waals surface area contributed by atoms with E-state index in [2.05, 4.69) is 133 Å². The van der Waals surface area contributed by atoms with Gasteiger partial charge in [-0.1, -0.05) is 91.0 Å². The summed E-state index contributed by atoms with van der Waals surface area (Å²) in [5, 5.41) is 11.1. The first kappa shape index (κ1) is 26.1. The average molecular weight is 459 g/mol. The molecule has 3 N–H and O–H groups in total. The summed E-state index contributed by atoms with van der Waals surface area (Å²) in [5.74, 6) is 0. The van der Waals surface area contributed by atoms with Crippen molar-refractivity contribution in [2.75, 3.05) is 39.3 Å². The molecule has 0 saturated carbocycles. The summed E-state index contributed by atoms with van der Waals surface area (Å²) in [7, 11) is 0. The minimum atomic E-state index is 0.357. The van der Waals surface area contributed by atoms with Gasteiger partial charge < -0.3 is 16.0 Å². The van der Waals surface area contributed by atoms with Gasteiger partial charge >= 0.3 is 0 Å². The largest absolute Gasteiger partial charge is 0.309 e. The first-order valence-electron chi connectivity index (χ1n) is 12.7. The smallest absolute Gasteiger partial charge is 0.0292 e. The maximum Gasteiger partial charge on any atom is 0.0292 e. The van der Waals surface area contributed by atoms with E-state index in [9.17, 15) is 0 Å². The summed E-state index contributed by atoms with van der Waals surface area (Å²) < 4.78 is 0. The fourth-order valence-electron chi connectivity index (χ4n) is 4.23. The van der Waals surface area contributed by atoms with Crippen molar-refractivity contribution < 1.29 is 0 Å². The van der Waals surface area contributed by atoms with Crippen molar-refractivity contribution in [2.45, 2.75) is 38.9 Å². The Morgan fingerprint density at radius 2 is 0.735 bits per heavy atom. The number of hydrogen-bond donors (Lipinski definition) is 3. The van der Waals surface area contributed by atoms with Crippen molar-refractivity contribution in [1.29, 1.82) is 0 Å². The van der Waals surface area contributed by atoms with Crippen LogP contribution in [0.5, 0.6) is 0 Å². The summed E-state index contributed by atoms with van der Waals surface area (Å²) in [6, 6.07) is 33.1. The molecule has 0 heterocycles. The van der Waals surface area contributed by atoms with Crippen molar-refractivity contribution >= 4 is 0 Å². The maximum atomic E-state index is 3.70. The van der Waals surface area contributed by atoms with Gasteiger partial charge in [-0.25, -0.2) is 0 Å². The normalized spacial score (nSPS) is 14.1. The van der Waals surface area contributed by atoms with Gasteiger partial charge in [-0.2, -0.15) is 0 Å². The molecule has 182 valence electrons. The summed E-state index contributed by atoms with van der Waals surface area (Å²) >= 11 is 0. The van der Waals surface area contributed by atoms with Crippen molar-refractivity contribution in [1.82, 2.24) is 20.9 Å². The molecule has 0 fully saturated rings. The second-order valence-corrected chi connectivity index (χ2v) is 9.10. The molecule has 0 bridgehead atoms. The third-order valence-corrected chi connectivity index (χ3v) is 6.53. The molecule has 0 aliphatic rings. The van der Waals surface area contributed by atoms with Gasteiger partial charge in [0.2, 0.25) is 0 Å². The van der Waals surface area contributed by atoms with E-state index in [0.717, 1.165) is 39.3 Å². The van der Waals surface area contributed by atoms with Crippen LogP contribution in [0.4, 0.5) is 0 Å². The van der Waals surface area contributed by atoms with Gasteiger partial charge in [-0.05, 0) is 37.5 Å². The van der Waals surface area contributed by atoms with E-state index >= 15 is 0 Å². The second kappa shape index (κ2) is 14.7. The van der Waals surface area contributed by atoms with Gasteiger partial charge in [0.05, 0.1) is 0 Å². The van der Waals surface area contributed by atoms with Crippen LogP contribution in [0, 0.1) is 0 Å². The third kappa shape index (κ3) is 9.03. The van der Waals surface area contributed by atoms with Crippen LogP contribution in [0.2, 0.25) is 0 Å². The maximum absolute atomic E-state index is 3.70. The first-order chi connectivity index (χ1) is 16.6. The number of hydrogen-bond acceptors (Lipinski definition) is 4. The van der Waals surface area contributed by atoms with E-state index < -0.39 is 0 Å². The fraction of sp³-hybridized carbons (Fsp3) is 0.400. The van der Waals surface area contributed by atoms with Gasteiger partial charge in [0.1, 0.15) is 0 Å². The molecule has 0 spiro atoms. The molecule has 0 aromatic heterocycles. The van der Waals surface area contributed by atoms with Crippen LogP contribution < -0.4 is 16.0 Å². The van der Waals surface area contributed by atoms with Crippen LogP contribution in [0.15, 0.2) is 91.0 Å². The SMILES string of the molecule is C[C@H](NCCN(CCN[C@@H](C)c1ccccc1)CCN[C@@H](C)c1ccccc1)c1ccccc1. The lowest BCUT2D eigenvalue weighted by atomic mass is 10.1. The summed E-state index contributed by atoms with van der Waals surface area (Å²) in [4.78, 5) is 2.56. The molecule has 0 unspecified atom stereocenters. The lowest BCUT2D eigenvalue weighted by Gasteiger charge is -2.26. The zero-order valence-corrected chi connectivity index (χ0v) is 21.1. The van der Waals surface area contributed by atoms with Crippen molar-refractivity contribution in [3.63, 3.8) is 0 Å². The Bertz CT molecular complexity index is 778. The zero-order valence-electron chi connectivity index (χ0n) is 21.1. The molecular weight excluding hydrogens is 416 g/mol. The van der Waals surface area contributed by atoms with Crippen LogP contribution in [-0.4, -0.2) is 44.2 Å². The van der Waals surface area contributed by atoms with Crippen LogP contribution >= 0.6 is 0 Å². The predicted molar refractivity (Wildman–Crippen MR) is 145 cm³/mol. The highest BCUT2D eigenvalue weighted by atomic mass is 15.2. The Kier molecular flexibility index (Phi) is 11.3. The highest BCUT2D eigenvalue weighted by Gasteiger charge is 2.10. The van der Waals surface area contributed by atoms with Crippen molar-refractivity contribution in [3.05, 3.63) is 108 Å². The molecule has 0 amide bonds. The van der Waals surface area contributed by atoms with E-state index in [0.29, 0.717) is 18.1 Å². The molecule has 3 atom stereocenters. The Balaban J connectivity index is 1.46. The van der Waals surface area contributed by atoms with Gasteiger partial charge in [-0.15, -0.1) is 0 Å². The zero-order chi connectivity index (χ0) is 24.0. The molecule has 4 nitrogen and oxygen atoms in total. The Morgan fingerprint density at radius 1 is 0.471 bits per heavy atom. The van der Waals surface area contributed by atoms with Gasteiger partial charge in [-0.3, -0.25) is 4.90 Å². The quantitative estimate of drug-likeness (QED) is 0.287. The number of benzene rings is 3. The van der Waals surface area contributed by atoms with E-state index in [4.69, 9.17) is 0 Å². The van der Waals surface area contributed by atoms with E-state index in [-0.39, 0.29) is 0 Å². The monoisotopic (exact) mass is 458 g/mol. The highest BCUT2D eigenvalue weighted by molar-refractivity contribution is 5.19. The number of nitrogens with one attached hydrogen (secondary N) is 3. The minimum Gasteiger partial charge on any atom is -0.309 e. The van der Waals surface area contributed by atoms with Crippen LogP contribution in [0.25, 0.3) is 0 Å². The lowest BCUT2D eigenvalue weighted by Crippen LogP contribution is -2.41. The van der Waals surface area contributed by atoms with Crippen molar-refractivity contribution in [2.24, 2.45) is 0 Å². The molecule has 34 heavy (non-hydrogen) atoms. The molecule has 0 radical (unpaired) electrons. The first-order valence-corrected chi connectivity index (χ1v) is 12.7. The minimum absolute atomic E-state index is 0.357. The molecule has 3 aromatic rings. The van der Waals surface area contributed by atoms with Gasteiger partial charge in [0, 0.05) is 57.4 Å². The Hall–Kier alpha value is -2.50. The van der Waals surface area contributed by atoms with Gasteiger partial charge in [0.15, 0.2) is 0 Å². The second-order valence-electron chi connectivity index (χ2n) is 9.10. The Labute approximate surface area is 206 Å². The molecule has 0 aliphatic heterocycles. The lowest BCUT2D eigenvalue weighted by molar-refractivity contribution is 0.262. The molecular formula is C30H42N4. The van der Waals surface area contributed by atoms with Crippen LogP contribution in [-0.2, 0) is 0 Å². The molecule has 0 saturated heterocycles. The number of rotatable bonds is 15. The molecule has 3 rings (SSSR count). The summed E-state index contributed by atoms with van der Waals surface area (Å²) in [6.45, 7) is 12.7. The van der Waals surface area contributed by atoms with Gasteiger partial charge in [0.25, 0.3) is 0 Å². The molecule has 3 aromatic carbocycles. The Morgan fingerprint density at radius 3 is 1.00 bits per heavy atom. The fourth-order valence-corrected chi connectivity index (χ4v) is 4.23. The van der Waals surface area contributed by atoms with Crippen LogP contribution in [0.3, 0.4) is 0 Å². The van der Waals surface area contributed by atoms with Crippen molar-refractivity contribution in [3.8, 4) is 0 Å². The standard InChI is InChI=1S/C30H42N4/c1-25(28-13-7-4-8-14-28)31-19-22-34(23-20-32-26(2)29-15-9-5-10-16-29)24-21-33-27(3)30-17-11-6-12-18-30/h4-18,25-27,31-33H,19-24H2,1-3H3/t25-,26-,27-/m0/s1. The molecule has 4 heteroatoms.